The fourth-order valence-electron chi connectivity index (χ4n) is 1.54. The normalized spacial score (nSPS) is 14.3. The van der Waals surface area contributed by atoms with E-state index in [0.29, 0.717) is 6.54 Å². The summed E-state index contributed by atoms with van der Waals surface area (Å²) in [7, 11) is 0. The fourth-order valence-corrected chi connectivity index (χ4v) is 1.54. The molecule has 1 unspecified atom stereocenters. The first-order valence-corrected chi connectivity index (χ1v) is 6.16. The molecular formula is C12H23F3N2O2. The number of halogens is 3. The molecule has 114 valence electrons. The topological polar surface area (TPSA) is 64.3 Å². The summed E-state index contributed by atoms with van der Waals surface area (Å²) in [5.41, 5.74) is 5.89. The summed E-state index contributed by atoms with van der Waals surface area (Å²) in [6.45, 7) is 4.86. The van der Waals surface area contributed by atoms with Gasteiger partial charge >= 0.3 is 6.18 Å². The molecule has 0 aromatic heterocycles. The Balaban J connectivity index is 3.65. The minimum absolute atomic E-state index is 0.0694. The van der Waals surface area contributed by atoms with Crippen LogP contribution >= 0.6 is 0 Å². The summed E-state index contributed by atoms with van der Waals surface area (Å²) < 4.78 is 39.6. The zero-order chi connectivity index (χ0) is 15.1. The van der Waals surface area contributed by atoms with Crippen LogP contribution in [0, 0.1) is 5.41 Å². The minimum atomic E-state index is -4.36. The van der Waals surface area contributed by atoms with E-state index in [0.717, 1.165) is 6.42 Å². The zero-order valence-electron chi connectivity index (χ0n) is 11.6. The second-order valence-corrected chi connectivity index (χ2v) is 5.75. The van der Waals surface area contributed by atoms with Crippen molar-refractivity contribution in [1.82, 2.24) is 5.32 Å². The van der Waals surface area contributed by atoms with E-state index in [9.17, 15) is 18.0 Å². The van der Waals surface area contributed by atoms with Gasteiger partial charge in [-0.05, 0) is 11.8 Å². The Labute approximate surface area is 111 Å². The van der Waals surface area contributed by atoms with Crippen molar-refractivity contribution in [3.8, 4) is 0 Å². The Morgan fingerprint density at radius 2 is 1.89 bits per heavy atom. The average Bonchev–Trinajstić information content (AvgIpc) is 2.17. The summed E-state index contributed by atoms with van der Waals surface area (Å²) in [4.78, 5) is 11.3. The quantitative estimate of drug-likeness (QED) is 0.701. The first-order chi connectivity index (χ1) is 8.49. The van der Waals surface area contributed by atoms with Crippen LogP contribution in [0.25, 0.3) is 0 Å². The lowest BCUT2D eigenvalue weighted by Crippen LogP contribution is -2.39. The Kier molecular flexibility index (Phi) is 7.36. The van der Waals surface area contributed by atoms with Crippen LogP contribution in [0.5, 0.6) is 0 Å². The molecule has 7 heteroatoms. The van der Waals surface area contributed by atoms with E-state index < -0.39 is 12.8 Å². The Bertz CT molecular complexity index is 275. The maximum Gasteiger partial charge on any atom is 0.411 e. The van der Waals surface area contributed by atoms with Crippen molar-refractivity contribution in [2.45, 2.75) is 45.8 Å². The molecule has 0 aliphatic rings. The van der Waals surface area contributed by atoms with E-state index in [1.807, 2.05) is 20.8 Å². The van der Waals surface area contributed by atoms with Crippen molar-refractivity contribution < 1.29 is 22.7 Å². The van der Waals surface area contributed by atoms with Crippen molar-refractivity contribution in [2.75, 3.05) is 19.8 Å². The third kappa shape index (κ3) is 13.4. The van der Waals surface area contributed by atoms with Gasteiger partial charge in [0.05, 0.1) is 6.61 Å². The smallest absolute Gasteiger partial charge is 0.372 e. The van der Waals surface area contributed by atoms with E-state index in [1.54, 1.807) is 0 Å². The van der Waals surface area contributed by atoms with Crippen LogP contribution in [0.4, 0.5) is 13.2 Å². The first kappa shape index (κ1) is 18.2. The zero-order valence-corrected chi connectivity index (χ0v) is 11.6. The summed E-state index contributed by atoms with van der Waals surface area (Å²) in [6.07, 6.45) is -3.71. The monoisotopic (exact) mass is 284 g/mol. The van der Waals surface area contributed by atoms with Gasteiger partial charge in [-0.25, -0.2) is 0 Å². The number of hydrogen-bond acceptors (Lipinski definition) is 3. The van der Waals surface area contributed by atoms with Crippen molar-refractivity contribution in [2.24, 2.45) is 11.1 Å². The number of carbonyl (C=O) groups excluding carboxylic acids is 1. The van der Waals surface area contributed by atoms with Gasteiger partial charge in [0.25, 0.3) is 0 Å². The molecule has 1 atom stereocenters. The third-order valence-electron chi connectivity index (χ3n) is 2.18. The number of ether oxygens (including phenoxy) is 1. The molecule has 1 amide bonds. The molecule has 19 heavy (non-hydrogen) atoms. The highest BCUT2D eigenvalue weighted by Crippen LogP contribution is 2.19. The Morgan fingerprint density at radius 1 is 1.32 bits per heavy atom. The van der Waals surface area contributed by atoms with Gasteiger partial charge < -0.3 is 15.8 Å². The molecule has 0 spiro atoms. The van der Waals surface area contributed by atoms with Gasteiger partial charge in [0.15, 0.2) is 0 Å². The molecule has 0 aliphatic carbocycles. The lowest BCUT2D eigenvalue weighted by Gasteiger charge is -2.23. The molecule has 0 saturated carbocycles. The molecule has 4 nitrogen and oxygen atoms in total. The Morgan fingerprint density at radius 3 is 2.37 bits per heavy atom. The number of hydrogen-bond donors (Lipinski definition) is 2. The van der Waals surface area contributed by atoms with Crippen molar-refractivity contribution >= 4 is 5.91 Å². The van der Waals surface area contributed by atoms with E-state index in [4.69, 9.17) is 5.73 Å². The number of alkyl halides is 3. The second-order valence-electron chi connectivity index (χ2n) is 5.75. The van der Waals surface area contributed by atoms with Gasteiger partial charge in [0.2, 0.25) is 5.91 Å². The second kappa shape index (κ2) is 7.69. The third-order valence-corrected chi connectivity index (χ3v) is 2.18. The minimum Gasteiger partial charge on any atom is -0.372 e. The molecular weight excluding hydrogens is 261 g/mol. The van der Waals surface area contributed by atoms with E-state index in [1.165, 1.54) is 0 Å². The van der Waals surface area contributed by atoms with Crippen LogP contribution in [0.2, 0.25) is 0 Å². The largest absolute Gasteiger partial charge is 0.411 e. The number of amides is 1. The molecule has 0 fully saturated rings. The van der Waals surface area contributed by atoms with E-state index in [2.05, 4.69) is 10.1 Å². The van der Waals surface area contributed by atoms with E-state index >= 15 is 0 Å². The van der Waals surface area contributed by atoms with Crippen LogP contribution in [0.3, 0.4) is 0 Å². The summed E-state index contributed by atoms with van der Waals surface area (Å²) in [5.74, 6) is -0.355. The van der Waals surface area contributed by atoms with Crippen LogP contribution in [0.1, 0.15) is 33.6 Å². The van der Waals surface area contributed by atoms with Crippen LogP contribution in [0.15, 0.2) is 0 Å². The number of nitrogens with two attached hydrogens (primary N) is 1. The van der Waals surface area contributed by atoms with Crippen molar-refractivity contribution in [3.05, 3.63) is 0 Å². The molecule has 0 rings (SSSR count). The highest BCUT2D eigenvalue weighted by Gasteiger charge is 2.27. The summed E-state index contributed by atoms with van der Waals surface area (Å²) in [6, 6.07) is -0.167. The predicted molar refractivity (Wildman–Crippen MR) is 66.5 cm³/mol. The molecule has 0 bridgehead atoms. The van der Waals surface area contributed by atoms with Crippen LogP contribution in [-0.2, 0) is 9.53 Å². The van der Waals surface area contributed by atoms with Gasteiger partial charge in [0.1, 0.15) is 6.61 Å². The molecule has 3 N–H and O–H groups in total. The molecule has 0 aromatic carbocycles. The summed E-state index contributed by atoms with van der Waals surface area (Å²) in [5, 5.41) is 2.58. The lowest BCUT2D eigenvalue weighted by atomic mass is 9.88. The number of nitrogens with one attached hydrogen (secondary N) is 1. The predicted octanol–water partition coefficient (Wildman–Crippen LogP) is 1.84. The van der Waals surface area contributed by atoms with Gasteiger partial charge in [-0.15, -0.1) is 0 Å². The fraction of sp³-hybridized carbons (Fsp3) is 0.917. The maximum atomic E-state index is 11.7. The summed E-state index contributed by atoms with van der Waals surface area (Å²) >= 11 is 0. The maximum absolute atomic E-state index is 11.7. The van der Waals surface area contributed by atoms with Crippen LogP contribution in [-0.4, -0.2) is 37.9 Å². The average molecular weight is 284 g/mol. The first-order valence-electron chi connectivity index (χ1n) is 6.16. The van der Waals surface area contributed by atoms with Gasteiger partial charge in [-0.2, -0.15) is 13.2 Å². The highest BCUT2D eigenvalue weighted by atomic mass is 19.4. The number of carbonyl (C=O) groups is 1. The molecule has 0 heterocycles. The Hall–Kier alpha value is -0.820. The number of rotatable bonds is 7. The van der Waals surface area contributed by atoms with Gasteiger partial charge in [-0.1, -0.05) is 20.8 Å². The van der Waals surface area contributed by atoms with Crippen molar-refractivity contribution in [1.29, 1.82) is 0 Å². The standard InChI is InChI=1S/C12H23F3N2O2/c1-11(2,3)6-9(16)7-17-10(18)4-5-19-8-12(13,14)15/h9H,4-8,16H2,1-3H3,(H,17,18). The van der Waals surface area contributed by atoms with Gasteiger partial charge in [-0.3, -0.25) is 4.79 Å². The van der Waals surface area contributed by atoms with E-state index in [-0.39, 0.29) is 30.4 Å². The molecule has 0 radical (unpaired) electrons. The highest BCUT2D eigenvalue weighted by molar-refractivity contribution is 5.75. The SMILES string of the molecule is CC(C)(C)CC(N)CNC(=O)CCOCC(F)(F)F. The van der Waals surface area contributed by atoms with Crippen molar-refractivity contribution in [3.63, 3.8) is 0 Å². The molecule has 0 aromatic rings. The van der Waals surface area contributed by atoms with Gasteiger partial charge in [0, 0.05) is 19.0 Å². The molecule has 0 saturated heterocycles. The lowest BCUT2D eigenvalue weighted by molar-refractivity contribution is -0.174. The molecule has 0 aliphatic heterocycles. The van der Waals surface area contributed by atoms with Crippen LogP contribution < -0.4 is 11.1 Å².